The van der Waals surface area contributed by atoms with Crippen LogP contribution in [0.3, 0.4) is 0 Å². The number of rotatable bonds is 0. The fourth-order valence-corrected chi connectivity index (χ4v) is 2.84. The fraction of sp³-hybridized carbons (Fsp3) is 0.750. The van der Waals surface area contributed by atoms with Crippen LogP contribution in [0, 0.1) is 5.92 Å². The third-order valence-corrected chi connectivity index (χ3v) is 3.50. The summed E-state index contributed by atoms with van der Waals surface area (Å²) >= 11 is 0. The first-order chi connectivity index (χ1) is 6.25. The van der Waals surface area contributed by atoms with E-state index in [2.05, 4.69) is 10.6 Å². The van der Waals surface area contributed by atoms with Gasteiger partial charge in [-0.2, -0.15) is 0 Å². The molecule has 3 rings (SSSR count). The van der Waals surface area contributed by atoms with Crippen molar-refractivity contribution in [2.45, 2.75) is 12.0 Å². The minimum Gasteiger partial charge on any atom is -0.313 e. The number of urea groups is 1. The second-order valence-corrected chi connectivity index (χ2v) is 3.95. The largest absolute Gasteiger partial charge is 0.325 e. The van der Waals surface area contributed by atoms with Gasteiger partial charge in [0, 0.05) is 25.6 Å². The van der Waals surface area contributed by atoms with Crippen molar-refractivity contribution in [3.63, 3.8) is 0 Å². The molecule has 2 N–H and O–H groups in total. The van der Waals surface area contributed by atoms with Gasteiger partial charge in [0.25, 0.3) is 5.91 Å². The molecule has 3 aliphatic heterocycles. The Balaban J connectivity index is 2.10. The van der Waals surface area contributed by atoms with E-state index in [1.807, 2.05) is 0 Å². The van der Waals surface area contributed by atoms with Crippen molar-refractivity contribution in [2.24, 2.45) is 5.92 Å². The first-order valence-corrected chi connectivity index (χ1v) is 4.59. The molecule has 3 amide bonds. The predicted octanol–water partition coefficient (Wildman–Crippen LogP) is -1.10. The smallest absolute Gasteiger partial charge is 0.313 e. The summed E-state index contributed by atoms with van der Waals surface area (Å²) in [5.41, 5.74) is -0.531. The van der Waals surface area contributed by atoms with Crippen molar-refractivity contribution in [1.29, 1.82) is 0 Å². The number of hydrogen-bond donors (Lipinski definition) is 2. The lowest BCUT2D eigenvalue weighted by Crippen LogP contribution is -2.50. The molecule has 2 unspecified atom stereocenters. The molecule has 3 aliphatic rings. The van der Waals surface area contributed by atoms with E-state index in [-0.39, 0.29) is 11.9 Å². The summed E-state index contributed by atoms with van der Waals surface area (Å²) in [7, 11) is 0. The number of nitrogens with zero attached hydrogens (tertiary/aromatic N) is 1. The average molecular weight is 181 g/mol. The van der Waals surface area contributed by atoms with Gasteiger partial charge in [0.05, 0.1) is 0 Å². The first-order valence-electron chi connectivity index (χ1n) is 4.59. The minimum absolute atomic E-state index is 0.106. The van der Waals surface area contributed by atoms with Crippen LogP contribution in [-0.2, 0) is 4.79 Å². The Morgan fingerprint density at radius 1 is 1.46 bits per heavy atom. The summed E-state index contributed by atoms with van der Waals surface area (Å²) < 4.78 is 0. The maximum atomic E-state index is 11.7. The highest BCUT2D eigenvalue weighted by atomic mass is 16.2. The Hall–Kier alpha value is -1.10. The monoisotopic (exact) mass is 181 g/mol. The van der Waals surface area contributed by atoms with Gasteiger partial charge in [-0.25, -0.2) is 4.79 Å². The van der Waals surface area contributed by atoms with Crippen molar-refractivity contribution in [3.05, 3.63) is 0 Å². The molecule has 0 saturated carbocycles. The molecule has 2 atom stereocenters. The summed E-state index contributed by atoms with van der Waals surface area (Å²) in [5, 5.41) is 5.57. The van der Waals surface area contributed by atoms with Gasteiger partial charge in [-0.1, -0.05) is 0 Å². The second kappa shape index (κ2) is 2.04. The highest BCUT2D eigenvalue weighted by molar-refractivity contribution is 6.08. The molecule has 70 valence electrons. The van der Waals surface area contributed by atoms with Gasteiger partial charge in [-0.15, -0.1) is 0 Å². The van der Waals surface area contributed by atoms with Gasteiger partial charge in [-0.3, -0.25) is 10.1 Å². The van der Waals surface area contributed by atoms with Crippen LogP contribution in [0.2, 0.25) is 0 Å². The zero-order chi connectivity index (χ0) is 9.05. The number of carbonyl (C=O) groups excluding carboxylic acids is 2. The molecule has 3 saturated heterocycles. The van der Waals surface area contributed by atoms with E-state index in [1.165, 1.54) is 0 Å². The van der Waals surface area contributed by atoms with E-state index in [0.29, 0.717) is 12.5 Å². The Labute approximate surface area is 75.5 Å². The number of carbonyl (C=O) groups is 2. The lowest BCUT2D eigenvalue weighted by atomic mass is 9.88. The molecule has 0 bridgehead atoms. The van der Waals surface area contributed by atoms with Crippen molar-refractivity contribution in [3.8, 4) is 0 Å². The van der Waals surface area contributed by atoms with Crippen molar-refractivity contribution >= 4 is 11.9 Å². The number of amides is 3. The lowest BCUT2D eigenvalue weighted by molar-refractivity contribution is -0.125. The van der Waals surface area contributed by atoms with Gasteiger partial charge in [0.1, 0.15) is 5.54 Å². The fourth-order valence-electron chi connectivity index (χ4n) is 2.84. The molecular formula is C8H11N3O2. The average Bonchev–Trinajstić information content (AvgIpc) is 2.63. The van der Waals surface area contributed by atoms with Crippen LogP contribution in [0.15, 0.2) is 0 Å². The van der Waals surface area contributed by atoms with E-state index in [1.54, 1.807) is 4.90 Å². The Kier molecular flexibility index (Phi) is 1.15. The van der Waals surface area contributed by atoms with Crippen LogP contribution in [0.25, 0.3) is 0 Å². The Bertz CT molecular complexity index is 304. The molecule has 5 nitrogen and oxygen atoms in total. The van der Waals surface area contributed by atoms with Gasteiger partial charge >= 0.3 is 6.03 Å². The summed E-state index contributed by atoms with van der Waals surface area (Å²) in [6.45, 7) is 2.20. The molecule has 0 aromatic rings. The van der Waals surface area contributed by atoms with Crippen molar-refractivity contribution in [1.82, 2.24) is 15.5 Å². The zero-order valence-electron chi connectivity index (χ0n) is 7.17. The maximum absolute atomic E-state index is 11.7. The quantitative estimate of drug-likeness (QED) is 0.466. The molecule has 13 heavy (non-hydrogen) atoms. The highest BCUT2D eigenvalue weighted by Gasteiger charge is 2.62. The summed E-state index contributed by atoms with van der Waals surface area (Å²) in [4.78, 5) is 24.7. The van der Waals surface area contributed by atoms with E-state index in [0.717, 1.165) is 19.5 Å². The molecule has 1 spiro atoms. The highest BCUT2D eigenvalue weighted by Crippen LogP contribution is 2.40. The first kappa shape index (κ1) is 7.32. The Morgan fingerprint density at radius 2 is 2.31 bits per heavy atom. The van der Waals surface area contributed by atoms with Gasteiger partial charge < -0.3 is 10.2 Å². The number of hydrogen-bond acceptors (Lipinski definition) is 3. The van der Waals surface area contributed by atoms with Crippen LogP contribution in [0.4, 0.5) is 4.79 Å². The SMILES string of the molecule is O=C1NC(=O)C23CNCC2CCN13. The summed E-state index contributed by atoms with van der Waals surface area (Å²) in [5.74, 6) is 0.212. The van der Waals surface area contributed by atoms with Crippen LogP contribution in [-0.4, -0.2) is 42.0 Å². The molecule has 0 radical (unpaired) electrons. The number of nitrogens with one attached hydrogen (secondary N) is 2. The molecule has 3 fully saturated rings. The van der Waals surface area contributed by atoms with Crippen molar-refractivity contribution < 1.29 is 9.59 Å². The molecule has 5 heteroatoms. The number of imide groups is 1. The third kappa shape index (κ3) is 0.634. The summed E-state index contributed by atoms with van der Waals surface area (Å²) in [6, 6.07) is -0.212. The molecule has 0 aliphatic carbocycles. The molecule has 0 aromatic carbocycles. The minimum atomic E-state index is -0.531. The molecule has 0 aromatic heterocycles. The van der Waals surface area contributed by atoms with Crippen LogP contribution in [0.5, 0.6) is 0 Å². The van der Waals surface area contributed by atoms with Crippen LogP contribution < -0.4 is 10.6 Å². The topological polar surface area (TPSA) is 61.4 Å². The predicted molar refractivity (Wildman–Crippen MR) is 44.0 cm³/mol. The van der Waals surface area contributed by atoms with Crippen LogP contribution >= 0.6 is 0 Å². The lowest BCUT2D eigenvalue weighted by Gasteiger charge is -2.26. The molecular weight excluding hydrogens is 170 g/mol. The molecule has 3 heterocycles. The van der Waals surface area contributed by atoms with Gasteiger partial charge in [-0.05, 0) is 6.42 Å². The van der Waals surface area contributed by atoms with Gasteiger partial charge in [0.15, 0.2) is 0 Å². The maximum Gasteiger partial charge on any atom is 0.325 e. The standard InChI is InChI=1S/C8H11N3O2/c12-6-8-4-9-3-5(8)1-2-11(8)7(13)10-6/h5,9H,1-4H2,(H,10,12,13). The summed E-state index contributed by atoms with van der Waals surface area (Å²) in [6.07, 6.45) is 0.951. The van der Waals surface area contributed by atoms with E-state index >= 15 is 0 Å². The van der Waals surface area contributed by atoms with Crippen LogP contribution in [0.1, 0.15) is 6.42 Å². The van der Waals surface area contributed by atoms with Gasteiger partial charge in [0.2, 0.25) is 0 Å². The second-order valence-electron chi connectivity index (χ2n) is 3.95. The van der Waals surface area contributed by atoms with E-state index in [4.69, 9.17) is 0 Å². The normalized spacial score (nSPS) is 42.2. The zero-order valence-corrected chi connectivity index (χ0v) is 7.17. The van der Waals surface area contributed by atoms with E-state index < -0.39 is 5.54 Å². The third-order valence-electron chi connectivity index (χ3n) is 3.50. The van der Waals surface area contributed by atoms with Crippen molar-refractivity contribution in [2.75, 3.05) is 19.6 Å². The Morgan fingerprint density at radius 3 is 3.15 bits per heavy atom. The van der Waals surface area contributed by atoms with E-state index in [9.17, 15) is 9.59 Å².